The lowest BCUT2D eigenvalue weighted by atomic mass is 9.87. The van der Waals surface area contributed by atoms with Crippen LogP contribution in [0.25, 0.3) is 0 Å². The largest absolute Gasteiger partial charge is 0.496 e. The van der Waals surface area contributed by atoms with Gasteiger partial charge in [0.05, 0.1) is 12.0 Å². The van der Waals surface area contributed by atoms with E-state index in [0.29, 0.717) is 23.7 Å². The summed E-state index contributed by atoms with van der Waals surface area (Å²) in [6.45, 7) is 8.61. The number of hydrogen-bond acceptors (Lipinski definition) is 7. The van der Waals surface area contributed by atoms with E-state index >= 15 is 0 Å². The van der Waals surface area contributed by atoms with Crippen molar-refractivity contribution in [3.05, 3.63) is 58.5 Å². The van der Waals surface area contributed by atoms with E-state index in [9.17, 15) is 4.79 Å². The van der Waals surface area contributed by atoms with Crippen molar-refractivity contribution in [1.29, 1.82) is 0 Å². The van der Waals surface area contributed by atoms with Crippen molar-refractivity contribution in [2.24, 2.45) is 0 Å². The van der Waals surface area contributed by atoms with Gasteiger partial charge in [-0.1, -0.05) is 39.0 Å². The third-order valence-corrected chi connectivity index (χ3v) is 6.71. The predicted molar refractivity (Wildman–Crippen MR) is 134 cm³/mol. The smallest absolute Gasteiger partial charge is 0.193 e. The molecule has 170 valence electrons. The van der Waals surface area contributed by atoms with Gasteiger partial charge in [-0.25, -0.2) is 0 Å². The maximum Gasteiger partial charge on any atom is 0.193 e. The molecule has 32 heavy (non-hydrogen) atoms. The molecule has 1 aromatic heterocycles. The molecule has 5 nitrogen and oxygen atoms in total. The Kier molecular flexibility index (Phi) is 8.21. The quantitative estimate of drug-likeness (QED) is 0.192. The maximum atomic E-state index is 10.8. The van der Waals surface area contributed by atoms with E-state index in [0.717, 1.165) is 40.2 Å². The van der Waals surface area contributed by atoms with Crippen molar-refractivity contribution in [2.45, 2.75) is 57.3 Å². The van der Waals surface area contributed by atoms with Crippen molar-refractivity contribution in [1.82, 2.24) is 4.37 Å². The van der Waals surface area contributed by atoms with E-state index in [1.165, 1.54) is 29.0 Å². The van der Waals surface area contributed by atoms with Crippen LogP contribution in [0.5, 0.6) is 17.2 Å². The average Bonchev–Trinajstić information content (AvgIpc) is 3.14. The molecule has 0 unspecified atom stereocenters. The van der Waals surface area contributed by atoms with E-state index in [4.69, 9.17) is 9.47 Å². The zero-order valence-electron chi connectivity index (χ0n) is 19.2. The molecule has 0 saturated carbocycles. The number of ether oxygens (including phenoxy) is 2. The summed E-state index contributed by atoms with van der Waals surface area (Å²) in [5, 5.41) is 0. The molecule has 0 spiro atoms. The second-order valence-electron chi connectivity index (χ2n) is 8.55. The number of rotatable bonds is 10. The number of nitrogens with one attached hydrogen (secondary N) is 1. The standard InChI is InChI=1S/C25H30N2O3S2/c1-17-9-12-19(16-21(17)29-5)30-23-22(8-6-7-15-28)32-27-24(23)26-31-20-13-10-18(11-14-20)25(2,3)4/h9-16H,6-8H2,1-5H3,(H,26,27). The first-order valence-electron chi connectivity index (χ1n) is 10.6. The van der Waals surface area contributed by atoms with Crippen LogP contribution in [0.15, 0.2) is 47.4 Å². The Bertz CT molecular complexity index is 1040. The lowest BCUT2D eigenvalue weighted by Gasteiger charge is -2.19. The van der Waals surface area contributed by atoms with Crippen molar-refractivity contribution in [3.63, 3.8) is 0 Å². The monoisotopic (exact) mass is 470 g/mol. The van der Waals surface area contributed by atoms with E-state index < -0.39 is 0 Å². The highest BCUT2D eigenvalue weighted by Crippen LogP contribution is 2.40. The molecule has 0 radical (unpaired) electrons. The highest BCUT2D eigenvalue weighted by Gasteiger charge is 2.18. The minimum Gasteiger partial charge on any atom is -0.496 e. The Morgan fingerprint density at radius 2 is 1.91 bits per heavy atom. The second-order valence-corrected chi connectivity index (χ2v) is 10.3. The fraction of sp³-hybridized carbons (Fsp3) is 0.360. The van der Waals surface area contributed by atoms with Crippen LogP contribution in [0.2, 0.25) is 0 Å². The summed E-state index contributed by atoms with van der Waals surface area (Å²) in [7, 11) is 1.65. The topological polar surface area (TPSA) is 60.5 Å². The predicted octanol–water partition coefficient (Wildman–Crippen LogP) is 7.19. The molecule has 0 aliphatic rings. The lowest BCUT2D eigenvalue weighted by Crippen LogP contribution is -2.10. The molecule has 3 aromatic rings. The highest BCUT2D eigenvalue weighted by atomic mass is 32.2. The van der Waals surface area contributed by atoms with Crippen molar-refractivity contribution < 1.29 is 14.3 Å². The van der Waals surface area contributed by atoms with E-state index in [-0.39, 0.29) is 5.41 Å². The molecule has 0 amide bonds. The van der Waals surface area contributed by atoms with Gasteiger partial charge in [-0.05, 0) is 78.0 Å². The molecule has 2 aromatic carbocycles. The first-order chi connectivity index (χ1) is 15.3. The molecule has 1 N–H and O–H groups in total. The fourth-order valence-corrected chi connectivity index (χ4v) is 4.57. The van der Waals surface area contributed by atoms with Crippen LogP contribution in [0, 0.1) is 6.92 Å². The molecule has 0 saturated heterocycles. The molecular weight excluding hydrogens is 440 g/mol. The first kappa shape index (κ1) is 24.1. The zero-order chi connectivity index (χ0) is 23.1. The fourth-order valence-electron chi connectivity index (χ4n) is 3.10. The van der Waals surface area contributed by atoms with Crippen LogP contribution in [0.1, 0.15) is 49.6 Å². The first-order valence-corrected chi connectivity index (χ1v) is 12.2. The van der Waals surface area contributed by atoms with Crippen molar-refractivity contribution in [3.8, 4) is 17.2 Å². The van der Waals surface area contributed by atoms with E-state index in [1.807, 2.05) is 25.1 Å². The molecule has 0 fully saturated rings. The number of anilines is 1. The number of aromatic nitrogens is 1. The number of nitrogens with zero attached hydrogens (tertiary/aromatic N) is 1. The van der Waals surface area contributed by atoms with Gasteiger partial charge in [0.2, 0.25) is 0 Å². The van der Waals surface area contributed by atoms with Crippen LogP contribution in [0.4, 0.5) is 5.82 Å². The summed E-state index contributed by atoms with van der Waals surface area (Å²) < 4.78 is 19.6. The minimum atomic E-state index is 0.123. The Labute approximate surface area is 198 Å². The number of carbonyl (C=O) groups is 1. The number of carbonyl (C=O) groups excluding carboxylic acids is 1. The van der Waals surface area contributed by atoms with Crippen molar-refractivity contribution >= 4 is 35.6 Å². The number of aryl methyl sites for hydroxylation is 2. The van der Waals surface area contributed by atoms with Crippen LogP contribution in [-0.2, 0) is 16.6 Å². The third kappa shape index (κ3) is 6.26. The van der Waals surface area contributed by atoms with Gasteiger partial charge in [-0.15, -0.1) is 0 Å². The highest BCUT2D eigenvalue weighted by molar-refractivity contribution is 8.00. The molecule has 0 aliphatic carbocycles. The molecule has 3 rings (SSSR count). The van der Waals surface area contributed by atoms with Crippen molar-refractivity contribution in [2.75, 3.05) is 11.8 Å². The van der Waals surface area contributed by atoms with Gasteiger partial charge in [0, 0.05) is 17.4 Å². The molecule has 0 aliphatic heterocycles. The van der Waals surface area contributed by atoms with E-state index in [1.54, 1.807) is 7.11 Å². The Morgan fingerprint density at radius 1 is 1.16 bits per heavy atom. The number of unbranched alkanes of at least 4 members (excludes halogenated alkanes) is 1. The summed E-state index contributed by atoms with van der Waals surface area (Å²) >= 11 is 2.90. The average molecular weight is 471 g/mol. The summed E-state index contributed by atoms with van der Waals surface area (Å²) in [5.41, 5.74) is 2.46. The van der Waals surface area contributed by atoms with Gasteiger partial charge < -0.3 is 19.0 Å². The van der Waals surface area contributed by atoms with Gasteiger partial charge in [-0.2, -0.15) is 4.37 Å². The summed E-state index contributed by atoms with van der Waals surface area (Å²) in [6, 6.07) is 14.3. The zero-order valence-corrected chi connectivity index (χ0v) is 20.9. The molecule has 1 heterocycles. The molecular formula is C25H30N2O3S2. The normalized spacial score (nSPS) is 11.3. The molecule has 7 heteroatoms. The van der Waals surface area contributed by atoms with Crippen LogP contribution < -0.4 is 14.2 Å². The SMILES string of the molecule is COc1cc(Oc2c(NSc3ccc(C(C)(C)C)cc3)nsc2CCCC=O)ccc1C. The molecule has 0 atom stereocenters. The number of benzene rings is 2. The second kappa shape index (κ2) is 10.9. The van der Waals surface area contributed by atoms with Gasteiger partial charge in [0.25, 0.3) is 0 Å². The number of aldehydes is 1. The maximum absolute atomic E-state index is 10.8. The van der Waals surface area contributed by atoms with Gasteiger partial charge in [-0.3, -0.25) is 0 Å². The summed E-state index contributed by atoms with van der Waals surface area (Å²) in [5.74, 6) is 2.84. The Morgan fingerprint density at radius 3 is 2.56 bits per heavy atom. The lowest BCUT2D eigenvalue weighted by molar-refractivity contribution is -0.107. The third-order valence-electron chi connectivity index (χ3n) is 5.03. The van der Waals surface area contributed by atoms with Gasteiger partial charge >= 0.3 is 0 Å². The number of hydrogen-bond donors (Lipinski definition) is 1. The van der Waals surface area contributed by atoms with Crippen LogP contribution in [-0.4, -0.2) is 17.8 Å². The Hall–Kier alpha value is -2.51. The van der Waals surface area contributed by atoms with Gasteiger partial charge in [0.1, 0.15) is 17.8 Å². The Balaban J connectivity index is 1.79. The van der Waals surface area contributed by atoms with Crippen LogP contribution >= 0.6 is 23.5 Å². The molecule has 0 bridgehead atoms. The summed E-state index contributed by atoms with van der Waals surface area (Å²) in [6.07, 6.45) is 2.97. The number of methoxy groups -OCH3 is 1. The van der Waals surface area contributed by atoms with Crippen LogP contribution in [0.3, 0.4) is 0 Å². The van der Waals surface area contributed by atoms with Gasteiger partial charge in [0.15, 0.2) is 11.6 Å². The minimum absolute atomic E-state index is 0.123. The summed E-state index contributed by atoms with van der Waals surface area (Å²) in [4.78, 5) is 12.9. The van der Waals surface area contributed by atoms with E-state index in [2.05, 4.69) is 54.1 Å².